The van der Waals surface area contributed by atoms with Crippen molar-refractivity contribution in [3.63, 3.8) is 0 Å². The molecule has 1 aromatic carbocycles. The van der Waals surface area contributed by atoms with Gasteiger partial charge in [-0.05, 0) is 36.6 Å². The third kappa shape index (κ3) is 3.85. The molecule has 0 saturated carbocycles. The molecule has 0 bridgehead atoms. The number of pyridine rings is 2. The average Bonchev–Trinajstić information content (AvgIpc) is 3.23. The van der Waals surface area contributed by atoms with Gasteiger partial charge in [0.15, 0.2) is 0 Å². The van der Waals surface area contributed by atoms with Crippen LogP contribution >= 0.6 is 11.6 Å². The molecule has 5 rings (SSSR count). The molecule has 0 amide bonds. The SMILES string of the molecule is CC(C)CCOC(=O)c1cc2c([nH]c3ccccc32)c(-c2ccc3c(n2)C(=O)C(N)=C(Cl)C3=O)n1. The van der Waals surface area contributed by atoms with Crippen LogP contribution in [0.3, 0.4) is 0 Å². The Balaban J connectivity index is 1.68. The van der Waals surface area contributed by atoms with Gasteiger partial charge in [0.1, 0.15) is 27.8 Å². The van der Waals surface area contributed by atoms with Gasteiger partial charge in [-0.3, -0.25) is 9.59 Å². The van der Waals surface area contributed by atoms with E-state index < -0.39 is 17.5 Å². The van der Waals surface area contributed by atoms with Crippen molar-refractivity contribution in [2.24, 2.45) is 11.7 Å². The lowest BCUT2D eigenvalue weighted by Crippen LogP contribution is -2.26. The molecule has 0 fully saturated rings. The largest absolute Gasteiger partial charge is 0.461 e. The minimum atomic E-state index is -0.636. The third-order valence-corrected chi connectivity index (χ3v) is 6.29. The molecule has 4 aromatic rings. The summed E-state index contributed by atoms with van der Waals surface area (Å²) in [5, 5.41) is 1.33. The minimum Gasteiger partial charge on any atom is -0.461 e. The first-order valence-corrected chi connectivity index (χ1v) is 11.5. The van der Waals surface area contributed by atoms with Crippen LogP contribution in [0.5, 0.6) is 0 Å². The van der Waals surface area contributed by atoms with Gasteiger partial charge in [-0.2, -0.15) is 0 Å². The number of allylic oxidation sites excluding steroid dienone is 2. The zero-order valence-electron chi connectivity index (χ0n) is 19.0. The zero-order valence-corrected chi connectivity index (χ0v) is 19.8. The maximum absolute atomic E-state index is 12.9. The molecule has 1 aliphatic carbocycles. The number of esters is 1. The monoisotopic (exact) mass is 488 g/mol. The van der Waals surface area contributed by atoms with E-state index in [0.717, 1.165) is 22.7 Å². The number of carbonyl (C=O) groups excluding carboxylic acids is 3. The first-order valence-electron chi connectivity index (χ1n) is 11.1. The van der Waals surface area contributed by atoms with Crippen molar-refractivity contribution >= 4 is 50.9 Å². The van der Waals surface area contributed by atoms with Crippen molar-refractivity contribution < 1.29 is 19.1 Å². The molecule has 0 radical (unpaired) electrons. The van der Waals surface area contributed by atoms with Gasteiger partial charge in [-0.1, -0.05) is 43.6 Å². The molecule has 3 heterocycles. The highest BCUT2D eigenvalue weighted by molar-refractivity contribution is 6.49. The number of hydrogen-bond acceptors (Lipinski definition) is 7. The van der Waals surface area contributed by atoms with Crippen LogP contribution in [0.25, 0.3) is 33.2 Å². The molecule has 0 saturated heterocycles. The Morgan fingerprint density at radius 1 is 1.06 bits per heavy atom. The number of carbonyl (C=O) groups is 3. The summed E-state index contributed by atoms with van der Waals surface area (Å²) in [6, 6.07) is 12.4. The Morgan fingerprint density at radius 2 is 1.83 bits per heavy atom. The van der Waals surface area contributed by atoms with Gasteiger partial charge >= 0.3 is 5.97 Å². The van der Waals surface area contributed by atoms with Crippen molar-refractivity contribution in [1.29, 1.82) is 0 Å². The second-order valence-electron chi connectivity index (χ2n) is 8.75. The Hall–Kier alpha value is -4.04. The lowest BCUT2D eigenvalue weighted by Gasteiger charge is -2.15. The Labute approximate surface area is 205 Å². The molecule has 3 aromatic heterocycles. The first-order chi connectivity index (χ1) is 16.8. The van der Waals surface area contributed by atoms with Crippen LogP contribution in [-0.2, 0) is 4.74 Å². The molecule has 1 aliphatic rings. The summed E-state index contributed by atoms with van der Waals surface area (Å²) in [5.41, 5.74) is 7.59. The lowest BCUT2D eigenvalue weighted by atomic mass is 9.96. The summed E-state index contributed by atoms with van der Waals surface area (Å²) in [4.78, 5) is 50.4. The molecule has 0 aliphatic heterocycles. The summed E-state index contributed by atoms with van der Waals surface area (Å²) < 4.78 is 5.45. The fourth-order valence-electron chi connectivity index (χ4n) is 4.01. The topological polar surface area (TPSA) is 128 Å². The molecular weight excluding hydrogens is 468 g/mol. The summed E-state index contributed by atoms with van der Waals surface area (Å²) in [5.74, 6) is -1.37. The van der Waals surface area contributed by atoms with Crippen molar-refractivity contribution in [2.75, 3.05) is 6.61 Å². The molecule has 35 heavy (non-hydrogen) atoms. The number of H-pyrrole nitrogens is 1. The minimum absolute atomic E-state index is 0.0649. The van der Waals surface area contributed by atoms with E-state index in [1.54, 1.807) is 12.1 Å². The fourth-order valence-corrected chi connectivity index (χ4v) is 4.20. The van der Waals surface area contributed by atoms with Crippen molar-refractivity contribution in [3.8, 4) is 11.4 Å². The van der Waals surface area contributed by atoms with Crippen molar-refractivity contribution in [3.05, 3.63) is 70.1 Å². The van der Waals surface area contributed by atoms with Gasteiger partial charge < -0.3 is 15.5 Å². The van der Waals surface area contributed by atoms with E-state index in [1.807, 2.05) is 38.1 Å². The first kappa shape index (κ1) is 22.7. The zero-order chi connectivity index (χ0) is 24.9. The molecule has 8 nitrogen and oxygen atoms in total. The maximum atomic E-state index is 12.9. The van der Waals surface area contributed by atoms with Crippen LogP contribution in [0.1, 0.15) is 51.6 Å². The highest BCUT2D eigenvalue weighted by atomic mass is 35.5. The van der Waals surface area contributed by atoms with Gasteiger partial charge in [-0.15, -0.1) is 0 Å². The van der Waals surface area contributed by atoms with Crippen molar-refractivity contribution in [1.82, 2.24) is 15.0 Å². The lowest BCUT2D eigenvalue weighted by molar-refractivity contribution is 0.0481. The highest BCUT2D eigenvalue weighted by Gasteiger charge is 2.32. The Bertz CT molecular complexity index is 1590. The summed E-state index contributed by atoms with van der Waals surface area (Å²) >= 11 is 5.92. The molecule has 0 spiro atoms. The number of nitrogens with one attached hydrogen (secondary N) is 1. The number of ether oxygens (including phenoxy) is 1. The third-order valence-electron chi connectivity index (χ3n) is 5.91. The van der Waals surface area contributed by atoms with Crippen LogP contribution in [0.4, 0.5) is 0 Å². The molecule has 9 heteroatoms. The maximum Gasteiger partial charge on any atom is 0.356 e. The molecule has 3 N–H and O–H groups in total. The molecule has 0 atom stereocenters. The quantitative estimate of drug-likeness (QED) is 0.387. The summed E-state index contributed by atoms with van der Waals surface area (Å²) in [7, 11) is 0. The number of rotatable bonds is 5. The Kier molecular flexibility index (Phi) is 5.61. The number of Topliss-reactive ketones (excluding diaryl/α,β-unsaturated/α-hetero) is 2. The van der Waals surface area contributed by atoms with E-state index in [9.17, 15) is 14.4 Å². The number of nitrogens with zero attached hydrogens (tertiary/aromatic N) is 2. The normalized spacial score (nSPS) is 13.7. The van der Waals surface area contributed by atoms with Crippen LogP contribution in [0, 0.1) is 5.92 Å². The molecular formula is C26H21ClN4O4. The molecule has 0 unspecified atom stereocenters. The van der Waals surface area contributed by atoms with E-state index in [0.29, 0.717) is 22.8 Å². The summed E-state index contributed by atoms with van der Waals surface area (Å²) in [6.45, 7) is 4.37. The average molecular weight is 489 g/mol. The second-order valence-corrected chi connectivity index (χ2v) is 9.12. The predicted octanol–water partition coefficient (Wildman–Crippen LogP) is 4.77. The highest BCUT2D eigenvalue weighted by Crippen LogP contribution is 2.34. The summed E-state index contributed by atoms with van der Waals surface area (Å²) in [6.07, 6.45) is 0.730. The van der Waals surface area contributed by atoms with Crippen LogP contribution < -0.4 is 5.73 Å². The van der Waals surface area contributed by atoms with E-state index in [-0.39, 0.29) is 34.3 Å². The molecule has 176 valence electrons. The van der Waals surface area contributed by atoms with Gasteiger partial charge in [0.2, 0.25) is 11.6 Å². The van der Waals surface area contributed by atoms with E-state index >= 15 is 0 Å². The van der Waals surface area contributed by atoms with Crippen molar-refractivity contribution in [2.45, 2.75) is 20.3 Å². The number of nitrogens with two attached hydrogens (primary N) is 1. The number of halogens is 1. The number of para-hydroxylation sites is 1. The predicted molar refractivity (Wildman–Crippen MR) is 132 cm³/mol. The van der Waals surface area contributed by atoms with E-state index in [1.165, 1.54) is 6.07 Å². The Morgan fingerprint density at radius 3 is 2.60 bits per heavy atom. The van der Waals surface area contributed by atoms with Gasteiger partial charge in [-0.25, -0.2) is 14.8 Å². The number of benzene rings is 1. The van der Waals surface area contributed by atoms with Crippen LogP contribution in [0.15, 0.2) is 53.2 Å². The standard InChI is InChI=1S/C26H21ClN4O4/c1-12(2)9-10-35-26(34)18-11-15-13-5-3-4-6-16(13)29-21(15)23(31-18)17-8-7-14-22(30-17)25(33)20(28)19(27)24(14)32/h3-8,11-12,29H,9-10,28H2,1-2H3. The number of ketones is 2. The number of hydrogen-bond donors (Lipinski definition) is 2. The smallest absolute Gasteiger partial charge is 0.356 e. The van der Waals surface area contributed by atoms with Gasteiger partial charge in [0, 0.05) is 16.3 Å². The van der Waals surface area contributed by atoms with Crippen LogP contribution in [-0.4, -0.2) is 39.1 Å². The van der Waals surface area contributed by atoms with Gasteiger partial charge in [0.05, 0.1) is 23.4 Å². The van der Waals surface area contributed by atoms with Gasteiger partial charge in [0.25, 0.3) is 0 Å². The second kappa shape index (κ2) is 8.63. The number of fused-ring (bicyclic) bond motifs is 4. The van der Waals surface area contributed by atoms with Crippen LogP contribution in [0.2, 0.25) is 0 Å². The van der Waals surface area contributed by atoms with E-state index in [2.05, 4.69) is 15.0 Å². The van der Waals surface area contributed by atoms with E-state index in [4.69, 9.17) is 22.1 Å². The fraction of sp³-hybridized carbons (Fsp3) is 0.192. The number of aromatic nitrogens is 3. The number of aromatic amines is 1.